The summed E-state index contributed by atoms with van der Waals surface area (Å²) in [6, 6.07) is 0. The Morgan fingerprint density at radius 2 is 2.38 bits per heavy atom. The van der Waals surface area contributed by atoms with Gasteiger partial charge in [0.15, 0.2) is 5.56 Å². The van der Waals surface area contributed by atoms with Crippen LogP contribution in [0, 0.1) is 0 Å². The highest BCUT2D eigenvalue weighted by Crippen LogP contribution is 2.15. The van der Waals surface area contributed by atoms with Gasteiger partial charge in [0.05, 0.1) is 6.10 Å². The van der Waals surface area contributed by atoms with Crippen LogP contribution in [0.25, 0.3) is 0 Å². The number of hydrogen-bond acceptors (Lipinski definition) is 2. The van der Waals surface area contributed by atoms with Crippen LogP contribution in [0.5, 0.6) is 0 Å². The van der Waals surface area contributed by atoms with Crippen LogP contribution in [0.3, 0.4) is 0 Å². The molecule has 2 unspecified atom stereocenters. The SMILES string of the molecule is OC1CCCOC1Cl. The molecule has 0 aromatic heterocycles. The maximum atomic E-state index is 8.92. The van der Waals surface area contributed by atoms with Crippen molar-refractivity contribution in [2.45, 2.75) is 24.5 Å². The molecule has 1 N–H and O–H groups in total. The molecule has 0 saturated carbocycles. The van der Waals surface area contributed by atoms with E-state index in [4.69, 9.17) is 21.4 Å². The molecule has 0 aliphatic carbocycles. The summed E-state index contributed by atoms with van der Waals surface area (Å²) in [6.07, 6.45) is 1.24. The van der Waals surface area contributed by atoms with Crippen LogP contribution in [0.15, 0.2) is 0 Å². The molecule has 8 heavy (non-hydrogen) atoms. The number of halogens is 1. The third kappa shape index (κ3) is 1.34. The minimum Gasteiger partial charge on any atom is -0.389 e. The summed E-state index contributed by atoms with van der Waals surface area (Å²) in [5.41, 5.74) is -0.469. The van der Waals surface area contributed by atoms with Gasteiger partial charge in [-0.3, -0.25) is 0 Å². The Hall–Kier alpha value is 0.210. The molecule has 3 heteroatoms. The average Bonchev–Trinajstić information content (AvgIpc) is 1.77. The first-order valence-electron chi connectivity index (χ1n) is 2.74. The molecule has 0 amide bonds. The van der Waals surface area contributed by atoms with Crippen molar-refractivity contribution in [1.82, 2.24) is 0 Å². The molecule has 2 atom stereocenters. The van der Waals surface area contributed by atoms with E-state index in [1.54, 1.807) is 0 Å². The molecule has 0 radical (unpaired) electrons. The van der Waals surface area contributed by atoms with Crippen LogP contribution in [0.1, 0.15) is 12.8 Å². The van der Waals surface area contributed by atoms with Gasteiger partial charge in [-0.05, 0) is 12.8 Å². The van der Waals surface area contributed by atoms with E-state index >= 15 is 0 Å². The molecule has 1 rings (SSSR count). The van der Waals surface area contributed by atoms with Crippen LogP contribution in [0.4, 0.5) is 0 Å². The van der Waals surface area contributed by atoms with Gasteiger partial charge in [-0.15, -0.1) is 0 Å². The van der Waals surface area contributed by atoms with Crippen LogP contribution in [-0.2, 0) is 4.74 Å². The van der Waals surface area contributed by atoms with Crippen LogP contribution < -0.4 is 0 Å². The van der Waals surface area contributed by atoms with Crippen molar-refractivity contribution in [3.05, 3.63) is 0 Å². The van der Waals surface area contributed by atoms with E-state index in [-0.39, 0.29) is 0 Å². The maximum Gasteiger partial charge on any atom is 0.156 e. The number of rotatable bonds is 0. The Bertz CT molecular complexity index is 66.8. The van der Waals surface area contributed by atoms with Crippen molar-refractivity contribution < 1.29 is 9.84 Å². The van der Waals surface area contributed by atoms with Crippen molar-refractivity contribution >= 4 is 11.6 Å². The van der Waals surface area contributed by atoms with Crippen LogP contribution >= 0.6 is 11.6 Å². The number of ether oxygens (including phenoxy) is 1. The molecule has 0 spiro atoms. The lowest BCUT2D eigenvalue weighted by atomic mass is 10.2. The lowest BCUT2D eigenvalue weighted by Gasteiger charge is -2.22. The Morgan fingerprint density at radius 3 is 2.75 bits per heavy atom. The van der Waals surface area contributed by atoms with Crippen LogP contribution in [-0.4, -0.2) is 23.4 Å². The molecule has 1 heterocycles. The quantitative estimate of drug-likeness (QED) is 0.498. The predicted molar refractivity (Wildman–Crippen MR) is 30.8 cm³/mol. The molecule has 0 bridgehead atoms. The van der Waals surface area contributed by atoms with E-state index in [2.05, 4.69) is 0 Å². The van der Waals surface area contributed by atoms with Gasteiger partial charge in [-0.25, -0.2) is 0 Å². The number of alkyl halides is 1. The van der Waals surface area contributed by atoms with Crippen molar-refractivity contribution in [3.63, 3.8) is 0 Å². The van der Waals surface area contributed by atoms with E-state index in [1.165, 1.54) is 0 Å². The van der Waals surface area contributed by atoms with E-state index in [1.807, 2.05) is 0 Å². The largest absolute Gasteiger partial charge is 0.389 e. The smallest absolute Gasteiger partial charge is 0.156 e. The number of aliphatic hydroxyl groups excluding tert-OH is 1. The van der Waals surface area contributed by atoms with Gasteiger partial charge in [0.25, 0.3) is 0 Å². The minimum absolute atomic E-state index is 0.453. The van der Waals surface area contributed by atoms with Gasteiger partial charge >= 0.3 is 0 Å². The number of hydrogen-bond donors (Lipinski definition) is 1. The fourth-order valence-corrected chi connectivity index (χ4v) is 0.946. The van der Waals surface area contributed by atoms with Crippen molar-refractivity contribution in [3.8, 4) is 0 Å². The topological polar surface area (TPSA) is 29.5 Å². The lowest BCUT2D eigenvalue weighted by Crippen LogP contribution is -2.28. The standard InChI is InChI=1S/C5H9ClO2/c6-5-4(7)2-1-3-8-5/h4-5,7H,1-3H2. The predicted octanol–water partition coefficient (Wildman–Crippen LogP) is 0.723. The summed E-state index contributed by atoms with van der Waals surface area (Å²) in [6.45, 7) is 0.686. The fourth-order valence-electron chi connectivity index (χ4n) is 0.730. The second-order valence-electron chi connectivity index (χ2n) is 1.93. The zero-order chi connectivity index (χ0) is 5.98. The summed E-state index contributed by atoms with van der Waals surface area (Å²) in [7, 11) is 0. The summed E-state index contributed by atoms with van der Waals surface area (Å²) in [4.78, 5) is 0. The molecule has 1 saturated heterocycles. The molecule has 0 aromatic carbocycles. The summed E-state index contributed by atoms with van der Waals surface area (Å²) < 4.78 is 4.91. The molecule has 1 fully saturated rings. The molecular formula is C5H9ClO2. The first-order chi connectivity index (χ1) is 3.80. The molecule has 2 nitrogen and oxygen atoms in total. The Balaban J connectivity index is 2.28. The van der Waals surface area contributed by atoms with E-state index in [0.717, 1.165) is 12.8 Å². The van der Waals surface area contributed by atoms with Gasteiger partial charge in [-0.2, -0.15) is 0 Å². The van der Waals surface area contributed by atoms with E-state index in [0.29, 0.717) is 6.61 Å². The van der Waals surface area contributed by atoms with Crippen molar-refractivity contribution in [2.24, 2.45) is 0 Å². The number of aliphatic hydroxyl groups is 1. The van der Waals surface area contributed by atoms with Gasteiger partial charge in [0.2, 0.25) is 0 Å². The summed E-state index contributed by atoms with van der Waals surface area (Å²) in [5.74, 6) is 0. The lowest BCUT2D eigenvalue weighted by molar-refractivity contribution is -0.0304. The molecular weight excluding hydrogens is 128 g/mol. The fraction of sp³-hybridized carbons (Fsp3) is 1.00. The third-order valence-electron chi connectivity index (χ3n) is 1.22. The third-order valence-corrected chi connectivity index (χ3v) is 1.64. The average molecular weight is 137 g/mol. The molecule has 48 valence electrons. The molecule has 1 aliphatic rings. The van der Waals surface area contributed by atoms with Crippen molar-refractivity contribution in [2.75, 3.05) is 6.61 Å². The Labute approximate surface area is 53.4 Å². The highest BCUT2D eigenvalue weighted by Gasteiger charge is 2.20. The normalized spacial score (nSPS) is 39.8. The van der Waals surface area contributed by atoms with Gasteiger partial charge in [-0.1, -0.05) is 11.6 Å². The second-order valence-corrected chi connectivity index (χ2v) is 2.36. The maximum absolute atomic E-state index is 8.92. The van der Waals surface area contributed by atoms with Crippen LogP contribution in [0.2, 0.25) is 0 Å². The molecule has 1 aliphatic heterocycles. The summed E-state index contributed by atoms with van der Waals surface area (Å²) >= 11 is 5.49. The highest BCUT2D eigenvalue weighted by atomic mass is 35.5. The van der Waals surface area contributed by atoms with Crippen molar-refractivity contribution in [1.29, 1.82) is 0 Å². The van der Waals surface area contributed by atoms with E-state index < -0.39 is 11.7 Å². The van der Waals surface area contributed by atoms with Gasteiger partial charge < -0.3 is 9.84 Å². The second kappa shape index (κ2) is 2.67. The molecule has 0 aromatic rings. The minimum atomic E-state index is -0.469. The zero-order valence-electron chi connectivity index (χ0n) is 4.51. The van der Waals surface area contributed by atoms with E-state index in [9.17, 15) is 0 Å². The highest BCUT2D eigenvalue weighted by molar-refractivity contribution is 6.20. The first kappa shape index (κ1) is 6.33. The first-order valence-corrected chi connectivity index (χ1v) is 3.18. The van der Waals surface area contributed by atoms with Gasteiger partial charge in [0, 0.05) is 6.61 Å². The van der Waals surface area contributed by atoms with Gasteiger partial charge in [0.1, 0.15) is 0 Å². The monoisotopic (exact) mass is 136 g/mol. The Morgan fingerprint density at radius 1 is 1.62 bits per heavy atom. The zero-order valence-corrected chi connectivity index (χ0v) is 5.27. The Kier molecular flexibility index (Phi) is 2.11. The summed E-state index contributed by atoms with van der Waals surface area (Å²) in [5, 5.41) is 8.92.